The predicted molar refractivity (Wildman–Crippen MR) is 70.0 cm³/mol. The zero-order valence-electron chi connectivity index (χ0n) is 11.1. The van der Waals surface area contributed by atoms with Crippen LogP contribution in [0, 0.1) is 5.92 Å². The predicted octanol–water partition coefficient (Wildman–Crippen LogP) is -0.343. The van der Waals surface area contributed by atoms with Crippen LogP contribution in [0.2, 0.25) is 0 Å². The molecule has 4 nitrogen and oxygen atoms in total. The third kappa shape index (κ3) is 2.65. The van der Waals surface area contributed by atoms with Crippen LogP contribution in [0.15, 0.2) is 0 Å². The lowest BCUT2D eigenvalue weighted by Gasteiger charge is -2.49. The maximum Gasteiger partial charge on any atom is 0.0440 e. The van der Waals surface area contributed by atoms with Gasteiger partial charge in [0.15, 0.2) is 0 Å². The Morgan fingerprint density at radius 2 is 1.59 bits per heavy atom. The van der Waals surface area contributed by atoms with Crippen molar-refractivity contribution in [2.24, 2.45) is 11.7 Å². The Morgan fingerprint density at radius 1 is 1.00 bits per heavy atom. The average molecular weight is 238 g/mol. The first-order chi connectivity index (χ1) is 8.16. The van der Waals surface area contributed by atoms with E-state index in [2.05, 4.69) is 21.7 Å². The van der Waals surface area contributed by atoms with Gasteiger partial charge >= 0.3 is 0 Å². The van der Waals surface area contributed by atoms with E-state index in [1.807, 2.05) is 0 Å². The molecular weight excluding hydrogens is 212 g/mol. The third-order valence-corrected chi connectivity index (χ3v) is 4.75. The van der Waals surface area contributed by atoms with Crippen LogP contribution in [-0.2, 0) is 0 Å². The quantitative estimate of drug-likeness (QED) is 0.727. The van der Waals surface area contributed by atoms with Crippen LogP contribution in [0.25, 0.3) is 0 Å². The summed E-state index contributed by atoms with van der Waals surface area (Å²) in [5.74, 6) is 0.849. The number of nitrogens with zero attached hydrogens (tertiary/aromatic N) is 3. The van der Waals surface area contributed by atoms with Crippen LogP contribution < -0.4 is 5.73 Å². The summed E-state index contributed by atoms with van der Waals surface area (Å²) in [4.78, 5) is 7.54. The fourth-order valence-electron chi connectivity index (χ4n) is 3.22. The number of likely N-dealkylation sites (tertiary alicyclic amines) is 1. The van der Waals surface area contributed by atoms with E-state index in [1.165, 1.54) is 52.1 Å². The van der Waals surface area contributed by atoms with Gasteiger partial charge in [0.05, 0.1) is 0 Å². The molecule has 3 rings (SSSR count). The Bertz CT molecular complexity index is 263. The molecular formula is C13H26N4. The van der Waals surface area contributed by atoms with Gasteiger partial charge in [-0.2, -0.15) is 0 Å². The van der Waals surface area contributed by atoms with Crippen LogP contribution in [0.5, 0.6) is 0 Å². The van der Waals surface area contributed by atoms with Gasteiger partial charge in [-0.1, -0.05) is 0 Å². The first kappa shape index (κ1) is 11.9. The molecule has 0 amide bonds. The van der Waals surface area contributed by atoms with E-state index in [-0.39, 0.29) is 5.54 Å². The Labute approximate surface area is 105 Å². The number of hydrogen-bond donors (Lipinski definition) is 1. The SMILES string of the molecule is CN1CCN(CCN2CC(N)(C3CC3)C2)CC1. The van der Waals surface area contributed by atoms with Crippen molar-refractivity contribution < 1.29 is 0 Å². The molecule has 0 aromatic carbocycles. The van der Waals surface area contributed by atoms with Crippen molar-refractivity contribution in [2.75, 3.05) is 59.4 Å². The Balaban J connectivity index is 1.33. The van der Waals surface area contributed by atoms with E-state index >= 15 is 0 Å². The minimum Gasteiger partial charge on any atom is -0.323 e. The maximum atomic E-state index is 6.36. The van der Waals surface area contributed by atoms with Crippen molar-refractivity contribution in [1.29, 1.82) is 0 Å². The first-order valence-corrected chi connectivity index (χ1v) is 7.08. The van der Waals surface area contributed by atoms with Gasteiger partial charge in [-0.15, -0.1) is 0 Å². The molecule has 1 aliphatic carbocycles. The smallest absolute Gasteiger partial charge is 0.0440 e. The molecule has 17 heavy (non-hydrogen) atoms. The van der Waals surface area contributed by atoms with Gasteiger partial charge in [-0.25, -0.2) is 0 Å². The average Bonchev–Trinajstić information content (AvgIpc) is 3.09. The maximum absolute atomic E-state index is 6.36. The lowest BCUT2D eigenvalue weighted by atomic mass is 9.86. The molecule has 2 saturated heterocycles. The summed E-state index contributed by atoms with van der Waals surface area (Å²) in [5.41, 5.74) is 6.56. The Hall–Kier alpha value is -0.160. The molecule has 4 heteroatoms. The molecule has 3 fully saturated rings. The number of hydrogen-bond acceptors (Lipinski definition) is 4. The second kappa shape index (κ2) is 4.50. The topological polar surface area (TPSA) is 35.7 Å². The molecule has 2 N–H and O–H groups in total. The highest BCUT2D eigenvalue weighted by Gasteiger charge is 2.49. The Morgan fingerprint density at radius 3 is 2.18 bits per heavy atom. The summed E-state index contributed by atoms with van der Waals surface area (Å²) in [6.45, 7) is 9.66. The van der Waals surface area contributed by atoms with Gasteiger partial charge in [0.1, 0.15) is 0 Å². The first-order valence-electron chi connectivity index (χ1n) is 7.08. The second-order valence-electron chi connectivity index (χ2n) is 6.36. The fourth-order valence-corrected chi connectivity index (χ4v) is 3.22. The molecule has 0 aromatic rings. The van der Waals surface area contributed by atoms with Gasteiger partial charge in [-0.3, -0.25) is 9.80 Å². The summed E-state index contributed by atoms with van der Waals surface area (Å²) < 4.78 is 0. The number of piperazine rings is 1. The highest BCUT2D eigenvalue weighted by molar-refractivity contribution is 5.08. The summed E-state index contributed by atoms with van der Waals surface area (Å²) in [7, 11) is 2.21. The second-order valence-corrected chi connectivity index (χ2v) is 6.36. The molecule has 1 saturated carbocycles. The molecule has 0 unspecified atom stereocenters. The lowest BCUT2D eigenvalue weighted by Crippen LogP contribution is -2.69. The number of likely N-dealkylation sites (N-methyl/N-ethyl adjacent to an activating group) is 1. The lowest BCUT2D eigenvalue weighted by molar-refractivity contribution is 0.0397. The molecule has 0 bridgehead atoms. The van der Waals surface area contributed by atoms with Gasteiger partial charge < -0.3 is 10.6 Å². The van der Waals surface area contributed by atoms with E-state index in [0.717, 1.165) is 19.0 Å². The normalized spacial score (nSPS) is 31.4. The van der Waals surface area contributed by atoms with Crippen molar-refractivity contribution in [3.05, 3.63) is 0 Å². The van der Waals surface area contributed by atoms with Gasteiger partial charge in [0.25, 0.3) is 0 Å². The van der Waals surface area contributed by atoms with Crippen molar-refractivity contribution in [3.8, 4) is 0 Å². The molecule has 0 radical (unpaired) electrons. The van der Waals surface area contributed by atoms with Crippen LogP contribution in [0.1, 0.15) is 12.8 Å². The van der Waals surface area contributed by atoms with E-state index in [1.54, 1.807) is 0 Å². The van der Waals surface area contributed by atoms with E-state index < -0.39 is 0 Å². The summed E-state index contributed by atoms with van der Waals surface area (Å²) in [6.07, 6.45) is 2.76. The fraction of sp³-hybridized carbons (Fsp3) is 1.00. The van der Waals surface area contributed by atoms with Crippen LogP contribution in [0.4, 0.5) is 0 Å². The van der Waals surface area contributed by atoms with Crippen LogP contribution in [0.3, 0.4) is 0 Å². The van der Waals surface area contributed by atoms with Gasteiger partial charge in [-0.05, 0) is 25.8 Å². The van der Waals surface area contributed by atoms with E-state index in [4.69, 9.17) is 5.73 Å². The van der Waals surface area contributed by atoms with Crippen molar-refractivity contribution in [3.63, 3.8) is 0 Å². The van der Waals surface area contributed by atoms with Crippen molar-refractivity contribution in [2.45, 2.75) is 18.4 Å². The van der Waals surface area contributed by atoms with E-state index in [9.17, 15) is 0 Å². The molecule has 0 aromatic heterocycles. The highest BCUT2D eigenvalue weighted by atomic mass is 15.3. The van der Waals surface area contributed by atoms with Crippen LogP contribution >= 0.6 is 0 Å². The third-order valence-electron chi connectivity index (χ3n) is 4.75. The van der Waals surface area contributed by atoms with E-state index in [0.29, 0.717) is 0 Å². The standard InChI is InChI=1S/C13H26N4/c1-15-4-6-16(7-5-15)8-9-17-10-13(14,11-17)12-2-3-12/h12H,2-11,14H2,1H3. The molecule has 2 aliphatic heterocycles. The van der Waals surface area contributed by atoms with Crippen molar-refractivity contribution in [1.82, 2.24) is 14.7 Å². The largest absolute Gasteiger partial charge is 0.323 e. The summed E-state index contributed by atoms with van der Waals surface area (Å²) in [6, 6.07) is 0. The molecule has 0 spiro atoms. The highest BCUT2D eigenvalue weighted by Crippen LogP contribution is 2.42. The minimum atomic E-state index is 0.197. The molecule has 0 atom stereocenters. The van der Waals surface area contributed by atoms with Crippen LogP contribution in [-0.4, -0.2) is 79.6 Å². The van der Waals surface area contributed by atoms with Crippen molar-refractivity contribution >= 4 is 0 Å². The molecule has 2 heterocycles. The summed E-state index contributed by atoms with van der Waals surface area (Å²) >= 11 is 0. The Kier molecular flexibility index (Phi) is 3.15. The number of rotatable bonds is 4. The molecule has 98 valence electrons. The zero-order valence-corrected chi connectivity index (χ0v) is 11.1. The number of nitrogens with two attached hydrogens (primary N) is 1. The van der Waals surface area contributed by atoms with Gasteiger partial charge in [0.2, 0.25) is 0 Å². The summed E-state index contributed by atoms with van der Waals surface area (Å²) in [5, 5.41) is 0. The van der Waals surface area contributed by atoms with Gasteiger partial charge in [0, 0.05) is 57.9 Å². The molecule has 3 aliphatic rings. The monoisotopic (exact) mass is 238 g/mol. The minimum absolute atomic E-state index is 0.197. The zero-order chi connectivity index (χ0) is 11.9.